The number of benzene rings is 1. The lowest BCUT2D eigenvalue weighted by Crippen LogP contribution is -2.55. The number of hydrogen-bond donors (Lipinski definition) is 2. The number of rotatable bonds is 9. The molecule has 1 aromatic rings. The first-order valence-electron chi connectivity index (χ1n) is 10.9. The highest BCUT2D eigenvalue weighted by Gasteiger charge is 2.30. The smallest absolute Gasteiger partial charge is 0.203 e. The maximum Gasteiger partial charge on any atom is 0.203 e. The molecule has 1 fully saturated rings. The van der Waals surface area contributed by atoms with Gasteiger partial charge in [-0.15, -0.1) is 0 Å². The van der Waals surface area contributed by atoms with E-state index in [1.165, 1.54) is 12.8 Å². The molecule has 0 spiro atoms. The summed E-state index contributed by atoms with van der Waals surface area (Å²) in [5.74, 6) is 3.44. The Morgan fingerprint density at radius 1 is 1.13 bits per heavy atom. The highest BCUT2D eigenvalue weighted by Crippen LogP contribution is 2.38. The summed E-state index contributed by atoms with van der Waals surface area (Å²) in [5.41, 5.74) is 1.06. The zero-order chi connectivity index (χ0) is 22.1. The molecule has 7 heteroatoms. The van der Waals surface area contributed by atoms with Gasteiger partial charge in [-0.2, -0.15) is 0 Å². The molecule has 2 N–H and O–H groups in total. The third-order valence-electron chi connectivity index (χ3n) is 5.69. The Kier molecular flexibility index (Phi) is 9.08. The largest absolute Gasteiger partial charge is 0.493 e. The second kappa shape index (κ2) is 11.3. The molecule has 7 nitrogen and oxygen atoms in total. The van der Waals surface area contributed by atoms with Crippen molar-refractivity contribution in [2.24, 2.45) is 10.9 Å². The van der Waals surface area contributed by atoms with Gasteiger partial charge in [0.15, 0.2) is 17.5 Å². The van der Waals surface area contributed by atoms with Crippen molar-refractivity contribution < 1.29 is 14.2 Å². The van der Waals surface area contributed by atoms with Crippen LogP contribution in [-0.4, -0.2) is 63.9 Å². The molecule has 1 aliphatic rings. The van der Waals surface area contributed by atoms with Crippen LogP contribution in [0.4, 0.5) is 0 Å². The minimum Gasteiger partial charge on any atom is -0.493 e. The summed E-state index contributed by atoms with van der Waals surface area (Å²) in [5, 5.41) is 6.88. The molecule has 2 rings (SSSR count). The van der Waals surface area contributed by atoms with Gasteiger partial charge in [-0.25, -0.2) is 4.99 Å². The highest BCUT2D eigenvalue weighted by atomic mass is 16.5. The van der Waals surface area contributed by atoms with Crippen molar-refractivity contribution in [2.75, 3.05) is 47.5 Å². The maximum atomic E-state index is 5.45. The molecular weight excluding hydrogens is 380 g/mol. The minimum atomic E-state index is 0.0669. The predicted molar refractivity (Wildman–Crippen MR) is 123 cm³/mol. The van der Waals surface area contributed by atoms with E-state index in [-0.39, 0.29) is 5.54 Å². The van der Waals surface area contributed by atoms with Gasteiger partial charge >= 0.3 is 0 Å². The van der Waals surface area contributed by atoms with Crippen molar-refractivity contribution >= 4 is 5.96 Å². The van der Waals surface area contributed by atoms with Gasteiger partial charge in [-0.05, 0) is 63.8 Å². The van der Waals surface area contributed by atoms with E-state index in [0.29, 0.717) is 23.8 Å². The van der Waals surface area contributed by atoms with E-state index in [2.05, 4.69) is 43.2 Å². The normalized spacial score (nSPS) is 18.1. The second-order valence-electron chi connectivity index (χ2n) is 8.59. The summed E-state index contributed by atoms with van der Waals surface area (Å²) in [6.07, 6.45) is 2.61. The lowest BCUT2D eigenvalue weighted by molar-refractivity contribution is 0.0739. The fourth-order valence-corrected chi connectivity index (χ4v) is 3.89. The van der Waals surface area contributed by atoms with Gasteiger partial charge in [0.1, 0.15) is 0 Å². The summed E-state index contributed by atoms with van der Waals surface area (Å²) in [6.45, 7) is 13.5. The van der Waals surface area contributed by atoms with E-state index in [0.717, 1.165) is 43.6 Å². The van der Waals surface area contributed by atoms with Gasteiger partial charge < -0.3 is 24.8 Å². The van der Waals surface area contributed by atoms with Gasteiger partial charge in [-0.1, -0.05) is 6.92 Å². The molecule has 1 atom stereocenters. The Morgan fingerprint density at radius 3 is 2.33 bits per heavy atom. The molecule has 1 unspecified atom stereocenters. The average Bonchev–Trinajstić information content (AvgIpc) is 2.74. The van der Waals surface area contributed by atoms with Crippen LogP contribution < -0.4 is 24.8 Å². The number of nitrogens with one attached hydrogen (secondary N) is 2. The number of likely N-dealkylation sites (tertiary alicyclic amines) is 1. The van der Waals surface area contributed by atoms with Crippen LogP contribution in [0.1, 0.15) is 46.1 Å². The number of ether oxygens (including phenoxy) is 3. The van der Waals surface area contributed by atoms with E-state index >= 15 is 0 Å². The van der Waals surface area contributed by atoms with Gasteiger partial charge in [0, 0.05) is 25.2 Å². The Morgan fingerprint density at radius 2 is 1.80 bits per heavy atom. The van der Waals surface area contributed by atoms with Crippen LogP contribution in [0.2, 0.25) is 0 Å². The third-order valence-corrected chi connectivity index (χ3v) is 5.69. The zero-order valence-electron chi connectivity index (χ0n) is 19.8. The van der Waals surface area contributed by atoms with E-state index in [4.69, 9.17) is 19.2 Å². The SMILES string of the molecule is CCNC(=NCc1cc(OC)c(OC)c(OC)c1)NCC(C)(C)N1CCCC(C)C1. The number of piperidine rings is 1. The van der Waals surface area contributed by atoms with Gasteiger partial charge in [0.2, 0.25) is 5.75 Å². The molecule has 0 saturated carbocycles. The van der Waals surface area contributed by atoms with Crippen molar-refractivity contribution in [3.63, 3.8) is 0 Å². The first kappa shape index (κ1) is 24.1. The van der Waals surface area contributed by atoms with Crippen LogP contribution in [0.15, 0.2) is 17.1 Å². The number of aliphatic imine (C=N–C) groups is 1. The molecular formula is C23H40N4O3. The number of nitrogens with zero attached hydrogens (tertiary/aromatic N) is 2. The fourth-order valence-electron chi connectivity index (χ4n) is 3.89. The van der Waals surface area contributed by atoms with Crippen molar-refractivity contribution in [1.29, 1.82) is 0 Å². The van der Waals surface area contributed by atoms with Crippen molar-refractivity contribution in [2.45, 2.75) is 52.6 Å². The molecule has 1 heterocycles. The second-order valence-corrected chi connectivity index (χ2v) is 8.59. The maximum absolute atomic E-state index is 5.45. The Labute approximate surface area is 182 Å². The molecule has 30 heavy (non-hydrogen) atoms. The molecule has 0 radical (unpaired) electrons. The Bertz CT molecular complexity index is 681. The topological polar surface area (TPSA) is 67.4 Å². The van der Waals surface area contributed by atoms with Gasteiger partial charge in [0.25, 0.3) is 0 Å². The van der Waals surface area contributed by atoms with E-state index in [1.54, 1.807) is 21.3 Å². The summed E-state index contributed by atoms with van der Waals surface area (Å²) in [4.78, 5) is 7.37. The number of methoxy groups -OCH3 is 3. The molecule has 1 saturated heterocycles. The average molecular weight is 421 g/mol. The molecule has 0 amide bonds. The summed E-state index contributed by atoms with van der Waals surface area (Å²) in [6, 6.07) is 3.88. The van der Waals surface area contributed by atoms with Gasteiger partial charge in [0.05, 0.1) is 27.9 Å². The van der Waals surface area contributed by atoms with E-state index in [1.807, 2.05) is 12.1 Å². The molecule has 1 aliphatic heterocycles. The number of hydrogen-bond acceptors (Lipinski definition) is 5. The van der Waals surface area contributed by atoms with Crippen LogP contribution in [0.5, 0.6) is 17.2 Å². The van der Waals surface area contributed by atoms with Crippen LogP contribution >= 0.6 is 0 Å². The molecule has 0 aliphatic carbocycles. The first-order valence-corrected chi connectivity index (χ1v) is 10.9. The van der Waals surface area contributed by atoms with Gasteiger partial charge in [-0.3, -0.25) is 4.90 Å². The first-order chi connectivity index (χ1) is 14.3. The van der Waals surface area contributed by atoms with Crippen molar-refractivity contribution in [3.8, 4) is 17.2 Å². The molecule has 0 aromatic heterocycles. The summed E-state index contributed by atoms with van der Waals surface area (Å²) in [7, 11) is 4.86. The Hall–Kier alpha value is -2.15. The van der Waals surface area contributed by atoms with E-state index < -0.39 is 0 Å². The third kappa shape index (κ3) is 6.42. The van der Waals surface area contributed by atoms with Crippen LogP contribution in [0, 0.1) is 5.92 Å². The fraction of sp³-hybridized carbons (Fsp3) is 0.696. The van der Waals surface area contributed by atoms with Crippen LogP contribution in [-0.2, 0) is 6.54 Å². The Balaban J connectivity index is 2.08. The molecule has 170 valence electrons. The monoisotopic (exact) mass is 420 g/mol. The zero-order valence-corrected chi connectivity index (χ0v) is 19.8. The summed E-state index contributed by atoms with van der Waals surface area (Å²) >= 11 is 0. The van der Waals surface area contributed by atoms with Crippen LogP contribution in [0.3, 0.4) is 0 Å². The predicted octanol–water partition coefficient (Wildman–Crippen LogP) is 3.28. The lowest BCUT2D eigenvalue weighted by Gasteiger charge is -2.43. The highest BCUT2D eigenvalue weighted by molar-refractivity contribution is 5.79. The molecule has 1 aromatic carbocycles. The quantitative estimate of drug-likeness (QED) is 0.472. The number of guanidine groups is 1. The van der Waals surface area contributed by atoms with Crippen molar-refractivity contribution in [1.82, 2.24) is 15.5 Å². The van der Waals surface area contributed by atoms with Crippen LogP contribution in [0.25, 0.3) is 0 Å². The molecule has 0 bridgehead atoms. The van der Waals surface area contributed by atoms with Crippen molar-refractivity contribution in [3.05, 3.63) is 17.7 Å². The lowest BCUT2D eigenvalue weighted by atomic mass is 9.93. The summed E-state index contributed by atoms with van der Waals surface area (Å²) < 4.78 is 16.3. The van der Waals surface area contributed by atoms with E-state index in [9.17, 15) is 0 Å². The minimum absolute atomic E-state index is 0.0669. The standard InChI is InChI=1S/C23H40N4O3/c1-8-24-22(26-16-23(3,4)27-11-9-10-17(2)15-27)25-14-18-12-19(28-5)21(30-7)20(13-18)29-6/h12-13,17H,8-11,14-16H2,1-7H3,(H2,24,25,26).